The summed E-state index contributed by atoms with van der Waals surface area (Å²) in [7, 11) is 0. The van der Waals surface area contributed by atoms with Crippen molar-refractivity contribution in [3.8, 4) is 0 Å². The molecule has 4 heteroatoms. The molecule has 82 valence electrons. The van der Waals surface area contributed by atoms with E-state index in [1.54, 1.807) is 0 Å². The third-order valence-corrected chi connectivity index (χ3v) is 3.37. The van der Waals surface area contributed by atoms with Gasteiger partial charge in [0.25, 0.3) is 0 Å². The van der Waals surface area contributed by atoms with Crippen LogP contribution in [0.15, 0.2) is 46.9 Å². The van der Waals surface area contributed by atoms with Gasteiger partial charge in [-0.15, -0.1) is 0 Å². The lowest BCUT2D eigenvalue weighted by Crippen LogP contribution is -1.95. The molecule has 0 saturated heterocycles. The Morgan fingerprint density at radius 1 is 1.12 bits per heavy atom. The van der Waals surface area contributed by atoms with Crippen molar-refractivity contribution in [1.29, 1.82) is 0 Å². The van der Waals surface area contributed by atoms with E-state index in [2.05, 4.69) is 21.2 Å². The second-order valence-electron chi connectivity index (χ2n) is 3.34. The Balaban J connectivity index is 2.28. The molecular formula is C12H10BrClN2. The number of benzene rings is 2. The molecule has 0 bridgehead atoms. The van der Waals surface area contributed by atoms with Gasteiger partial charge < -0.3 is 11.1 Å². The van der Waals surface area contributed by atoms with Gasteiger partial charge in [0.05, 0.1) is 16.4 Å². The summed E-state index contributed by atoms with van der Waals surface area (Å²) in [6.07, 6.45) is 0. The summed E-state index contributed by atoms with van der Waals surface area (Å²) in [5.41, 5.74) is 8.38. The fraction of sp³-hybridized carbons (Fsp3) is 0. The van der Waals surface area contributed by atoms with Crippen LogP contribution in [0.1, 0.15) is 0 Å². The number of hydrogen-bond donors (Lipinski definition) is 2. The number of para-hydroxylation sites is 2. The minimum absolute atomic E-state index is 0.687. The van der Waals surface area contributed by atoms with Gasteiger partial charge in [-0.25, -0.2) is 0 Å². The van der Waals surface area contributed by atoms with Crippen LogP contribution in [-0.4, -0.2) is 0 Å². The third kappa shape index (κ3) is 2.49. The molecule has 2 nitrogen and oxygen atoms in total. The van der Waals surface area contributed by atoms with Crippen LogP contribution in [0.4, 0.5) is 17.1 Å². The Morgan fingerprint density at radius 3 is 2.56 bits per heavy atom. The van der Waals surface area contributed by atoms with Crippen LogP contribution < -0.4 is 11.1 Å². The zero-order valence-electron chi connectivity index (χ0n) is 8.37. The molecule has 0 aliphatic carbocycles. The third-order valence-electron chi connectivity index (χ3n) is 2.16. The second-order valence-corrected chi connectivity index (χ2v) is 4.60. The second kappa shape index (κ2) is 4.76. The van der Waals surface area contributed by atoms with E-state index >= 15 is 0 Å². The number of nitrogen functional groups attached to an aromatic ring is 1. The number of nitrogens with two attached hydrogens (primary N) is 1. The SMILES string of the molecule is Nc1ccccc1Nc1ccc(Cl)c(Br)c1. The molecule has 0 fully saturated rings. The molecule has 0 radical (unpaired) electrons. The van der Waals surface area contributed by atoms with Crippen molar-refractivity contribution in [2.24, 2.45) is 0 Å². The van der Waals surface area contributed by atoms with E-state index in [-0.39, 0.29) is 0 Å². The summed E-state index contributed by atoms with van der Waals surface area (Å²) < 4.78 is 0.855. The summed E-state index contributed by atoms with van der Waals surface area (Å²) >= 11 is 9.29. The molecule has 0 aliphatic rings. The van der Waals surface area contributed by atoms with E-state index in [9.17, 15) is 0 Å². The lowest BCUT2D eigenvalue weighted by Gasteiger charge is -2.09. The van der Waals surface area contributed by atoms with Gasteiger partial charge in [0.15, 0.2) is 0 Å². The molecule has 2 rings (SSSR count). The van der Waals surface area contributed by atoms with E-state index in [1.807, 2.05) is 42.5 Å². The topological polar surface area (TPSA) is 38.0 Å². The largest absolute Gasteiger partial charge is 0.397 e. The normalized spacial score (nSPS) is 10.1. The highest BCUT2D eigenvalue weighted by Crippen LogP contribution is 2.28. The summed E-state index contributed by atoms with van der Waals surface area (Å²) in [5, 5.41) is 3.91. The molecule has 0 aromatic heterocycles. The maximum absolute atomic E-state index is 5.92. The van der Waals surface area contributed by atoms with Crippen LogP contribution in [0.5, 0.6) is 0 Å². The number of rotatable bonds is 2. The van der Waals surface area contributed by atoms with Crippen LogP contribution in [0, 0.1) is 0 Å². The Kier molecular flexibility index (Phi) is 3.36. The molecule has 16 heavy (non-hydrogen) atoms. The first-order valence-corrected chi connectivity index (χ1v) is 5.90. The first kappa shape index (κ1) is 11.3. The van der Waals surface area contributed by atoms with Crippen molar-refractivity contribution in [2.75, 3.05) is 11.1 Å². The minimum Gasteiger partial charge on any atom is -0.397 e. The van der Waals surface area contributed by atoms with Crippen LogP contribution in [0.25, 0.3) is 0 Å². The number of anilines is 3. The van der Waals surface area contributed by atoms with Gasteiger partial charge in [-0.05, 0) is 46.3 Å². The van der Waals surface area contributed by atoms with Crippen molar-refractivity contribution in [1.82, 2.24) is 0 Å². The van der Waals surface area contributed by atoms with Crippen LogP contribution >= 0.6 is 27.5 Å². The highest BCUT2D eigenvalue weighted by atomic mass is 79.9. The van der Waals surface area contributed by atoms with Crippen molar-refractivity contribution < 1.29 is 0 Å². The molecule has 2 aromatic carbocycles. The van der Waals surface area contributed by atoms with Gasteiger partial charge in [-0.2, -0.15) is 0 Å². The van der Waals surface area contributed by atoms with Gasteiger partial charge in [0.2, 0.25) is 0 Å². The van der Waals surface area contributed by atoms with E-state index in [1.165, 1.54) is 0 Å². The first-order chi connectivity index (χ1) is 7.66. The van der Waals surface area contributed by atoms with Gasteiger partial charge >= 0.3 is 0 Å². The molecular weight excluding hydrogens is 288 g/mol. The van der Waals surface area contributed by atoms with Crippen molar-refractivity contribution >= 4 is 44.6 Å². The Bertz CT molecular complexity index is 514. The lowest BCUT2D eigenvalue weighted by molar-refractivity contribution is 1.53. The van der Waals surface area contributed by atoms with Crippen molar-refractivity contribution in [3.05, 3.63) is 52.0 Å². The van der Waals surface area contributed by atoms with Crippen molar-refractivity contribution in [3.63, 3.8) is 0 Å². The molecule has 0 aliphatic heterocycles. The van der Waals surface area contributed by atoms with E-state index in [0.717, 1.165) is 15.8 Å². The summed E-state index contributed by atoms with van der Waals surface area (Å²) in [4.78, 5) is 0. The maximum Gasteiger partial charge on any atom is 0.0617 e. The molecule has 0 spiro atoms. The molecule has 3 N–H and O–H groups in total. The number of halogens is 2. The number of hydrogen-bond acceptors (Lipinski definition) is 2. The molecule has 0 unspecified atom stereocenters. The van der Waals surface area contributed by atoms with Gasteiger partial charge in [-0.1, -0.05) is 23.7 Å². The molecule has 0 heterocycles. The zero-order chi connectivity index (χ0) is 11.5. The van der Waals surface area contributed by atoms with E-state index < -0.39 is 0 Å². The van der Waals surface area contributed by atoms with Gasteiger partial charge in [-0.3, -0.25) is 0 Å². The predicted octanol–water partition coefficient (Wildman–Crippen LogP) is 4.43. The molecule has 0 saturated carbocycles. The summed E-state index contributed by atoms with van der Waals surface area (Å²) in [6, 6.07) is 13.3. The summed E-state index contributed by atoms with van der Waals surface area (Å²) in [5.74, 6) is 0. The average molecular weight is 298 g/mol. The molecule has 0 amide bonds. The Morgan fingerprint density at radius 2 is 1.88 bits per heavy atom. The predicted molar refractivity (Wildman–Crippen MR) is 73.3 cm³/mol. The standard InChI is InChI=1S/C12H10BrClN2/c13-9-7-8(5-6-10(9)14)16-12-4-2-1-3-11(12)15/h1-7,16H,15H2. The van der Waals surface area contributed by atoms with E-state index in [4.69, 9.17) is 17.3 Å². The molecule has 0 atom stereocenters. The first-order valence-electron chi connectivity index (χ1n) is 4.73. The summed E-state index contributed by atoms with van der Waals surface area (Å²) in [6.45, 7) is 0. The number of nitrogens with one attached hydrogen (secondary N) is 1. The van der Waals surface area contributed by atoms with Crippen molar-refractivity contribution in [2.45, 2.75) is 0 Å². The fourth-order valence-corrected chi connectivity index (χ4v) is 1.84. The monoisotopic (exact) mass is 296 g/mol. The zero-order valence-corrected chi connectivity index (χ0v) is 10.7. The highest BCUT2D eigenvalue weighted by molar-refractivity contribution is 9.10. The Labute approximate surface area is 108 Å². The smallest absolute Gasteiger partial charge is 0.0617 e. The Hall–Kier alpha value is -1.19. The van der Waals surface area contributed by atoms with E-state index in [0.29, 0.717) is 10.7 Å². The quantitative estimate of drug-likeness (QED) is 0.805. The lowest BCUT2D eigenvalue weighted by atomic mass is 10.2. The fourth-order valence-electron chi connectivity index (χ4n) is 1.34. The van der Waals surface area contributed by atoms with Crippen LogP contribution in [-0.2, 0) is 0 Å². The van der Waals surface area contributed by atoms with Crippen LogP contribution in [0.2, 0.25) is 5.02 Å². The molecule has 2 aromatic rings. The minimum atomic E-state index is 0.687. The van der Waals surface area contributed by atoms with Gasteiger partial charge in [0.1, 0.15) is 0 Å². The van der Waals surface area contributed by atoms with Crippen LogP contribution in [0.3, 0.4) is 0 Å². The maximum atomic E-state index is 5.92. The van der Waals surface area contributed by atoms with Gasteiger partial charge in [0, 0.05) is 10.2 Å². The highest BCUT2D eigenvalue weighted by Gasteiger charge is 2.01. The average Bonchev–Trinajstić information content (AvgIpc) is 2.27.